The SMILES string of the molecule is OC1CC(CNCC2CCCCC2)C1. The summed E-state index contributed by atoms with van der Waals surface area (Å²) in [6.45, 7) is 2.35. The first-order valence-electron chi connectivity index (χ1n) is 6.23. The quantitative estimate of drug-likeness (QED) is 0.722. The molecule has 0 saturated heterocycles. The molecule has 0 unspecified atom stereocenters. The molecule has 0 heterocycles. The first-order valence-corrected chi connectivity index (χ1v) is 6.23. The first kappa shape index (κ1) is 10.4. The smallest absolute Gasteiger partial charge is 0.0546 e. The first-order chi connectivity index (χ1) is 6.84. The number of nitrogens with one attached hydrogen (secondary N) is 1. The minimum atomic E-state index is 0.0106. The van der Waals surface area contributed by atoms with Crippen molar-refractivity contribution in [1.82, 2.24) is 5.32 Å². The molecule has 2 aliphatic carbocycles. The van der Waals surface area contributed by atoms with Gasteiger partial charge in [0.15, 0.2) is 0 Å². The molecule has 0 bridgehead atoms. The van der Waals surface area contributed by atoms with E-state index in [1.54, 1.807) is 0 Å². The van der Waals surface area contributed by atoms with Gasteiger partial charge in [0.05, 0.1) is 6.10 Å². The van der Waals surface area contributed by atoms with Crippen LogP contribution in [0, 0.1) is 11.8 Å². The molecule has 0 radical (unpaired) electrons. The van der Waals surface area contributed by atoms with Gasteiger partial charge in [0, 0.05) is 0 Å². The highest BCUT2D eigenvalue weighted by molar-refractivity contribution is 4.80. The third-order valence-corrected chi connectivity index (χ3v) is 3.80. The second kappa shape index (κ2) is 5.13. The van der Waals surface area contributed by atoms with Gasteiger partial charge in [0.2, 0.25) is 0 Å². The Morgan fingerprint density at radius 1 is 0.929 bits per heavy atom. The fourth-order valence-electron chi connectivity index (χ4n) is 2.75. The Kier molecular flexibility index (Phi) is 3.82. The van der Waals surface area contributed by atoms with Crippen molar-refractivity contribution in [1.29, 1.82) is 0 Å². The Bertz CT molecular complexity index is 160. The Labute approximate surface area is 87.1 Å². The molecule has 0 atom stereocenters. The van der Waals surface area contributed by atoms with E-state index >= 15 is 0 Å². The highest BCUT2D eigenvalue weighted by Gasteiger charge is 2.26. The van der Waals surface area contributed by atoms with Crippen LogP contribution < -0.4 is 5.32 Å². The lowest BCUT2D eigenvalue weighted by atomic mass is 9.82. The molecule has 2 N–H and O–H groups in total. The summed E-state index contributed by atoms with van der Waals surface area (Å²) in [6, 6.07) is 0. The maximum atomic E-state index is 9.14. The van der Waals surface area contributed by atoms with E-state index < -0.39 is 0 Å². The molecule has 0 aliphatic heterocycles. The molecule has 2 fully saturated rings. The number of hydrogen-bond donors (Lipinski definition) is 2. The zero-order valence-electron chi connectivity index (χ0n) is 9.04. The molecule has 82 valence electrons. The van der Waals surface area contributed by atoms with E-state index in [-0.39, 0.29) is 6.10 Å². The Hall–Kier alpha value is -0.0800. The Balaban J connectivity index is 1.50. The zero-order chi connectivity index (χ0) is 9.80. The summed E-state index contributed by atoms with van der Waals surface area (Å²) >= 11 is 0. The van der Waals surface area contributed by atoms with Crippen molar-refractivity contribution >= 4 is 0 Å². The molecule has 14 heavy (non-hydrogen) atoms. The van der Waals surface area contributed by atoms with E-state index in [1.807, 2.05) is 0 Å². The Morgan fingerprint density at radius 3 is 2.21 bits per heavy atom. The number of aliphatic hydroxyl groups is 1. The minimum Gasteiger partial charge on any atom is -0.393 e. The lowest BCUT2D eigenvalue weighted by Crippen LogP contribution is -2.37. The van der Waals surface area contributed by atoms with E-state index in [9.17, 15) is 0 Å². The zero-order valence-corrected chi connectivity index (χ0v) is 9.04. The van der Waals surface area contributed by atoms with E-state index in [0.717, 1.165) is 31.2 Å². The average molecular weight is 197 g/mol. The predicted molar refractivity (Wildman–Crippen MR) is 58.2 cm³/mol. The van der Waals surface area contributed by atoms with Crippen LogP contribution in [0.5, 0.6) is 0 Å². The van der Waals surface area contributed by atoms with E-state index in [2.05, 4.69) is 5.32 Å². The van der Waals surface area contributed by atoms with Gasteiger partial charge in [-0.3, -0.25) is 0 Å². The van der Waals surface area contributed by atoms with Gasteiger partial charge in [-0.1, -0.05) is 19.3 Å². The molecular formula is C12H23NO. The second-order valence-electron chi connectivity index (χ2n) is 5.15. The third-order valence-electron chi connectivity index (χ3n) is 3.80. The van der Waals surface area contributed by atoms with Crippen LogP contribution >= 0.6 is 0 Å². The van der Waals surface area contributed by atoms with Crippen LogP contribution in [0.2, 0.25) is 0 Å². The van der Waals surface area contributed by atoms with E-state index in [0.29, 0.717) is 0 Å². The summed E-state index contributed by atoms with van der Waals surface area (Å²) < 4.78 is 0. The average Bonchev–Trinajstić information content (AvgIpc) is 2.17. The van der Waals surface area contributed by atoms with Crippen molar-refractivity contribution < 1.29 is 5.11 Å². The maximum absolute atomic E-state index is 9.14. The second-order valence-corrected chi connectivity index (χ2v) is 5.15. The molecule has 2 aliphatic rings. The molecular weight excluding hydrogens is 174 g/mol. The largest absolute Gasteiger partial charge is 0.393 e. The summed E-state index contributed by atoms with van der Waals surface area (Å²) in [4.78, 5) is 0. The fraction of sp³-hybridized carbons (Fsp3) is 1.00. The van der Waals surface area contributed by atoms with Crippen molar-refractivity contribution in [2.45, 2.75) is 51.0 Å². The van der Waals surface area contributed by atoms with Crippen molar-refractivity contribution in [2.75, 3.05) is 13.1 Å². The Morgan fingerprint density at radius 2 is 1.57 bits per heavy atom. The molecule has 0 amide bonds. The van der Waals surface area contributed by atoms with Crippen LogP contribution in [-0.2, 0) is 0 Å². The highest BCUT2D eigenvalue weighted by Crippen LogP contribution is 2.27. The van der Waals surface area contributed by atoms with Gasteiger partial charge in [-0.05, 0) is 50.6 Å². The van der Waals surface area contributed by atoms with Crippen LogP contribution in [0.15, 0.2) is 0 Å². The number of hydrogen-bond acceptors (Lipinski definition) is 2. The maximum Gasteiger partial charge on any atom is 0.0546 e. The van der Waals surface area contributed by atoms with Crippen molar-refractivity contribution in [2.24, 2.45) is 11.8 Å². The van der Waals surface area contributed by atoms with Gasteiger partial charge in [-0.2, -0.15) is 0 Å². The minimum absolute atomic E-state index is 0.0106. The molecule has 0 aromatic rings. The molecule has 2 saturated carbocycles. The van der Waals surface area contributed by atoms with Crippen LogP contribution in [0.1, 0.15) is 44.9 Å². The fourth-order valence-corrected chi connectivity index (χ4v) is 2.75. The summed E-state index contributed by atoms with van der Waals surface area (Å²) in [5.41, 5.74) is 0. The van der Waals surface area contributed by atoms with Gasteiger partial charge >= 0.3 is 0 Å². The number of rotatable bonds is 4. The van der Waals surface area contributed by atoms with Crippen molar-refractivity contribution in [3.05, 3.63) is 0 Å². The van der Waals surface area contributed by atoms with Gasteiger partial charge < -0.3 is 10.4 Å². The summed E-state index contributed by atoms with van der Waals surface area (Å²) in [7, 11) is 0. The van der Waals surface area contributed by atoms with Crippen LogP contribution in [0.3, 0.4) is 0 Å². The molecule has 2 nitrogen and oxygen atoms in total. The van der Waals surface area contributed by atoms with E-state index in [1.165, 1.54) is 38.6 Å². The topological polar surface area (TPSA) is 32.3 Å². The highest BCUT2D eigenvalue weighted by atomic mass is 16.3. The predicted octanol–water partition coefficient (Wildman–Crippen LogP) is 1.93. The van der Waals surface area contributed by atoms with Gasteiger partial charge in [0.1, 0.15) is 0 Å². The third kappa shape index (κ3) is 2.96. The number of aliphatic hydroxyl groups excluding tert-OH is 1. The van der Waals surface area contributed by atoms with Crippen LogP contribution in [-0.4, -0.2) is 24.3 Å². The molecule has 0 spiro atoms. The summed E-state index contributed by atoms with van der Waals surface area (Å²) in [6.07, 6.45) is 9.25. The lowest BCUT2D eigenvalue weighted by Gasteiger charge is -2.32. The molecule has 0 aromatic heterocycles. The van der Waals surface area contributed by atoms with Crippen molar-refractivity contribution in [3.63, 3.8) is 0 Å². The molecule has 2 heteroatoms. The van der Waals surface area contributed by atoms with E-state index in [4.69, 9.17) is 5.11 Å². The van der Waals surface area contributed by atoms with Gasteiger partial charge in [-0.25, -0.2) is 0 Å². The summed E-state index contributed by atoms with van der Waals surface area (Å²) in [5, 5.41) is 12.7. The molecule has 2 rings (SSSR count). The normalized spacial score (nSPS) is 34.1. The lowest BCUT2D eigenvalue weighted by molar-refractivity contribution is 0.0425. The van der Waals surface area contributed by atoms with Crippen molar-refractivity contribution in [3.8, 4) is 0 Å². The molecule has 0 aromatic carbocycles. The van der Waals surface area contributed by atoms with Crippen LogP contribution in [0.25, 0.3) is 0 Å². The van der Waals surface area contributed by atoms with Gasteiger partial charge in [-0.15, -0.1) is 0 Å². The summed E-state index contributed by atoms with van der Waals surface area (Å²) in [5.74, 6) is 1.70. The van der Waals surface area contributed by atoms with Crippen LogP contribution in [0.4, 0.5) is 0 Å². The monoisotopic (exact) mass is 197 g/mol. The standard InChI is InChI=1S/C12H23NO/c14-12-6-11(7-12)9-13-8-10-4-2-1-3-5-10/h10-14H,1-9H2. The van der Waals surface area contributed by atoms with Gasteiger partial charge in [0.25, 0.3) is 0 Å².